The third-order valence-corrected chi connectivity index (χ3v) is 2.69. The SMILES string of the molecule is CS(=O)(=O)OCc1cccc2cccnc12. The fourth-order valence-corrected chi connectivity index (χ4v) is 1.80. The van der Waals surface area contributed by atoms with Crippen LogP contribution in [0.2, 0.25) is 0 Å². The highest BCUT2D eigenvalue weighted by Crippen LogP contribution is 2.17. The summed E-state index contributed by atoms with van der Waals surface area (Å²) in [6, 6.07) is 9.34. The van der Waals surface area contributed by atoms with E-state index in [1.807, 2.05) is 24.3 Å². The first-order valence-corrected chi connectivity index (χ1v) is 6.55. The van der Waals surface area contributed by atoms with Gasteiger partial charge in [-0.15, -0.1) is 0 Å². The summed E-state index contributed by atoms with van der Waals surface area (Å²) in [7, 11) is -3.42. The van der Waals surface area contributed by atoms with E-state index in [9.17, 15) is 8.42 Å². The molecule has 0 aliphatic carbocycles. The molecular formula is C11H11NO3S. The van der Waals surface area contributed by atoms with Crippen molar-refractivity contribution < 1.29 is 12.6 Å². The normalized spacial score (nSPS) is 11.8. The summed E-state index contributed by atoms with van der Waals surface area (Å²) in [6.45, 7) is 0.0210. The van der Waals surface area contributed by atoms with E-state index < -0.39 is 10.1 Å². The van der Waals surface area contributed by atoms with E-state index in [1.165, 1.54) is 0 Å². The quantitative estimate of drug-likeness (QED) is 0.762. The number of hydrogen-bond donors (Lipinski definition) is 0. The van der Waals surface area contributed by atoms with Crippen molar-refractivity contribution in [1.29, 1.82) is 0 Å². The minimum absolute atomic E-state index is 0.0210. The van der Waals surface area contributed by atoms with Gasteiger partial charge in [0.2, 0.25) is 0 Å². The summed E-state index contributed by atoms with van der Waals surface area (Å²) >= 11 is 0. The van der Waals surface area contributed by atoms with Crippen LogP contribution in [0.25, 0.3) is 10.9 Å². The van der Waals surface area contributed by atoms with Gasteiger partial charge >= 0.3 is 0 Å². The lowest BCUT2D eigenvalue weighted by atomic mass is 10.1. The van der Waals surface area contributed by atoms with Gasteiger partial charge in [0.15, 0.2) is 0 Å². The number of aromatic nitrogens is 1. The molecule has 1 heterocycles. The largest absolute Gasteiger partial charge is 0.265 e. The smallest absolute Gasteiger partial charge is 0.264 e. The molecule has 1 aromatic heterocycles. The second kappa shape index (κ2) is 4.19. The van der Waals surface area contributed by atoms with Crippen molar-refractivity contribution in [3.05, 3.63) is 42.1 Å². The maximum atomic E-state index is 10.9. The monoisotopic (exact) mass is 237 g/mol. The molecule has 16 heavy (non-hydrogen) atoms. The molecule has 4 nitrogen and oxygen atoms in total. The van der Waals surface area contributed by atoms with Crippen LogP contribution in [0.4, 0.5) is 0 Å². The molecule has 0 atom stereocenters. The summed E-state index contributed by atoms with van der Waals surface area (Å²) in [4.78, 5) is 4.21. The molecule has 0 amide bonds. The fourth-order valence-electron chi connectivity index (χ4n) is 1.45. The van der Waals surface area contributed by atoms with Crippen molar-refractivity contribution in [2.45, 2.75) is 6.61 Å². The van der Waals surface area contributed by atoms with Crippen LogP contribution in [0.3, 0.4) is 0 Å². The molecule has 0 bridgehead atoms. The molecule has 0 saturated carbocycles. The van der Waals surface area contributed by atoms with Crippen LogP contribution >= 0.6 is 0 Å². The Morgan fingerprint density at radius 3 is 2.75 bits per heavy atom. The Kier molecular flexibility index (Phi) is 2.89. The van der Waals surface area contributed by atoms with Crippen molar-refractivity contribution >= 4 is 21.0 Å². The molecule has 1 aromatic carbocycles. The number of para-hydroxylation sites is 1. The average molecular weight is 237 g/mol. The van der Waals surface area contributed by atoms with Crippen LogP contribution in [-0.4, -0.2) is 19.7 Å². The lowest BCUT2D eigenvalue weighted by Gasteiger charge is -2.04. The minimum atomic E-state index is -3.42. The van der Waals surface area contributed by atoms with Crippen molar-refractivity contribution in [1.82, 2.24) is 4.98 Å². The Morgan fingerprint density at radius 2 is 2.00 bits per heavy atom. The number of fused-ring (bicyclic) bond motifs is 1. The first kappa shape index (κ1) is 11.0. The molecule has 0 aliphatic rings. The average Bonchev–Trinajstić information content (AvgIpc) is 2.25. The highest BCUT2D eigenvalue weighted by molar-refractivity contribution is 7.85. The van der Waals surface area contributed by atoms with E-state index in [4.69, 9.17) is 4.18 Å². The number of rotatable bonds is 3. The molecule has 2 rings (SSSR count). The summed E-state index contributed by atoms with van der Waals surface area (Å²) in [5.74, 6) is 0. The lowest BCUT2D eigenvalue weighted by molar-refractivity contribution is 0.313. The van der Waals surface area contributed by atoms with E-state index >= 15 is 0 Å². The molecule has 0 spiro atoms. The molecule has 0 aliphatic heterocycles. The van der Waals surface area contributed by atoms with Crippen molar-refractivity contribution in [3.63, 3.8) is 0 Å². The van der Waals surface area contributed by atoms with Crippen molar-refractivity contribution in [3.8, 4) is 0 Å². The molecule has 84 valence electrons. The van der Waals surface area contributed by atoms with Gasteiger partial charge in [-0.25, -0.2) is 0 Å². The number of hydrogen-bond acceptors (Lipinski definition) is 4. The van der Waals surface area contributed by atoms with Gasteiger partial charge in [-0.1, -0.05) is 24.3 Å². The van der Waals surface area contributed by atoms with Crippen LogP contribution in [0.5, 0.6) is 0 Å². The maximum Gasteiger partial charge on any atom is 0.264 e. The van der Waals surface area contributed by atoms with E-state index in [0.717, 1.165) is 22.7 Å². The molecule has 0 unspecified atom stereocenters. The second-order valence-electron chi connectivity index (χ2n) is 3.46. The van der Waals surface area contributed by atoms with E-state index in [1.54, 1.807) is 12.3 Å². The first-order chi connectivity index (χ1) is 7.56. The Bertz CT molecular complexity index is 602. The minimum Gasteiger partial charge on any atom is -0.265 e. The van der Waals surface area contributed by atoms with Crippen LogP contribution in [-0.2, 0) is 20.9 Å². The topological polar surface area (TPSA) is 56.3 Å². The Labute approximate surface area is 94.0 Å². The number of pyridine rings is 1. The lowest BCUT2D eigenvalue weighted by Crippen LogP contribution is -2.03. The van der Waals surface area contributed by atoms with E-state index in [0.29, 0.717) is 0 Å². The summed E-state index contributed by atoms with van der Waals surface area (Å²) in [5, 5.41) is 0.970. The molecule has 0 saturated heterocycles. The first-order valence-electron chi connectivity index (χ1n) is 4.73. The third kappa shape index (κ3) is 2.56. The highest BCUT2D eigenvalue weighted by Gasteiger charge is 2.06. The van der Waals surface area contributed by atoms with Crippen LogP contribution in [0.15, 0.2) is 36.5 Å². The van der Waals surface area contributed by atoms with Gasteiger partial charge in [-0.3, -0.25) is 9.17 Å². The predicted octanol–water partition coefficient (Wildman–Crippen LogP) is 1.71. The van der Waals surface area contributed by atoms with Crippen molar-refractivity contribution in [2.75, 3.05) is 6.26 Å². The molecule has 2 aromatic rings. The van der Waals surface area contributed by atoms with Gasteiger partial charge in [0, 0.05) is 17.1 Å². The number of benzene rings is 1. The standard InChI is InChI=1S/C11H11NO3S/c1-16(13,14)15-8-10-5-2-4-9-6-3-7-12-11(9)10/h2-7H,8H2,1H3. The molecule has 0 radical (unpaired) electrons. The van der Waals surface area contributed by atoms with Crippen LogP contribution in [0, 0.1) is 0 Å². The van der Waals surface area contributed by atoms with Crippen molar-refractivity contribution in [2.24, 2.45) is 0 Å². The summed E-state index contributed by atoms with van der Waals surface area (Å²) < 4.78 is 26.6. The highest BCUT2D eigenvalue weighted by atomic mass is 32.2. The van der Waals surface area contributed by atoms with Gasteiger partial charge in [-0.2, -0.15) is 8.42 Å². The van der Waals surface area contributed by atoms with Gasteiger partial charge in [-0.05, 0) is 6.07 Å². The van der Waals surface area contributed by atoms with Gasteiger partial charge in [0.05, 0.1) is 18.4 Å². The molecule has 5 heteroatoms. The Hall–Kier alpha value is -1.46. The zero-order valence-corrected chi connectivity index (χ0v) is 9.57. The zero-order valence-electron chi connectivity index (χ0n) is 8.75. The predicted molar refractivity (Wildman–Crippen MR) is 61.4 cm³/mol. The van der Waals surface area contributed by atoms with Crippen LogP contribution < -0.4 is 0 Å². The third-order valence-electron chi connectivity index (χ3n) is 2.14. The summed E-state index contributed by atoms with van der Waals surface area (Å²) in [6.07, 6.45) is 2.71. The Balaban J connectivity index is 2.38. The maximum absolute atomic E-state index is 10.9. The molecular weight excluding hydrogens is 226 g/mol. The second-order valence-corrected chi connectivity index (χ2v) is 5.10. The molecule has 0 fully saturated rings. The summed E-state index contributed by atoms with van der Waals surface area (Å²) in [5.41, 5.74) is 1.54. The van der Waals surface area contributed by atoms with Gasteiger partial charge in [0.25, 0.3) is 10.1 Å². The van der Waals surface area contributed by atoms with E-state index in [2.05, 4.69) is 4.98 Å². The molecule has 0 N–H and O–H groups in total. The zero-order chi connectivity index (χ0) is 11.6. The van der Waals surface area contributed by atoms with Gasteiger partial charge < -0.3 is 0 Å². The Morgan fingerprint density at radius 1 is 1.25 bits per heavy atom. The fraction of sp³-hybridized carbons (Fsp3) is 0.182. The van der Waals surface area contributed by atoms with E-state index in [-0.39, 0.29) is 6.61 Å². The van der Waals surface area contributed by atoms with Crippen LogP contribution in [0.1, 0.15) is 5.56 Å². The van der Waals surface area contributed by atoms with Gasteiger partial charge in [0.1, 0.15) is 0 Å². The number of nitrogens with zero attached hydrogens (tertiary/aromatic N) is 1.